The molecule has 2 heterocycles. The van der Waals surface area contributed by atoms with Crippen molar-refractivity contribution in [3.05, 3.63) is 41.0 Å². The Morgan fingerprint density at radius 3 is 2.72 bits per heavy atom. The van der Waals surface area contributed by atoms with E-state index < -0.39 is 22.4 Å². The zero-order valence-electron chi connectivity index (χ0n) is 14.0. The van der Waals surface area contributed by atoms with E-state index in [2.05, 4.69) is 0 Å². The van der Waals surface area contributed by atoms with Crippen molar-refractivity contribution in [1.29, 1.82) is 0 Å². The van der Waals surface area contributed by atoms with Crippen LogP contribution in [0.15, 0.2) is 29.8 Å². The van der Waals surface area contributed by atoms with Crippen molar-refractivity contribution in [2.24, 2.45) is 17.3 Å². The highest BCUT2D eigenvalue weighted by atomic mass is 16.5. The first-order valence-corrected chi connectivity index (χ1v) is 8.60. The number of phenolic OH excluding ortho intramolecular Hbond substituents is 1. The summed E-state index contributed by atoms with van der Waals surface area (Å²) < 4.78 is 6.39. The second kappa shape index (κ2) is 4.10. The largest absolute Gasteiger partial charge is 0.508 e. The zero-order chi connectivity index (χ0) is 17.8. The van der Waals surface area contributed by atoms with Crippen molar-refractivity contribution in [3.63, 3.8) is 0 Å². The standard InChI is InChI=1S/C20H18O5/c1-18(9-21)13-5-6-19(2)14(13)8-15-16(23)11-4-3-10(22)7-12(11)17(24)20(15,18)25-19/h3-4,7-9,13-14,22H,5-6H2,1-2H3/t13-,14-,18-,19+,20-/m1/s1. The highest BCUT2D eigenvalue weighted by molar-refractivity contribution is 6.28. The van der Waals surface area contributed by atoms with E-state index >= 15 is 0 Å². The molecule has 1 saturated heterocycles. The van der Waals surface area contributed by atoms with Crippen LogP contribution in [0.5, 0.6) is 5.75 Å². The lowest BCUT2D eigenvalue weighted by molar-refractivity contribution is -0.219. The SMILES string of the molecule is C[C@]12CC[C@@H]3[C@H]1C=C1C(=O)c4ccc(O)cc4C(=O)[C@@]1(O2)[C@]3(C)C=O. The molecule has 1 aromatic carbocycles. The first-order valence-electron chi connectivity index (χ1n) is 8.60. The molecule has 128 valence electrons. The van der Waals surface area contributed by atoms with Gasteiger partial charge in [0.1, 0.15) is 12.0 Å². The van der Waals surface area contributed by atoms with Crippen LogP contribution in [0.4, 0.5) is 0 Å². The molecule has 2 fully saturated rings. The number of ether oxygens (including phenoxy) is 1. The van der Waals surface area contributed by atoms with E-state index in [0.29, 0.717) is 5.57 Å². The molecule has 4 bridgehead atoms. The lowest BCUT2D eigenvalue weighted by Crippen LogP contribution is -2.72. The van der Waals surface area contributed by atoms with Gasteiger partial charge in [-0.25, -0.2) is 0 Å². The Morgan fingerprint density at radius 2 is 2.00 bits per heavy atom. The zero-order valence-corrected chi connectivity index (χ0v) is 14.0. The molecule has 1 spiro atoms. The van der Waals surface area contributed by atoms with E-state index in [4.69, 9.17) is 4.74 Å². The predicted octanol–water partition coefficient (Wildman–Crippen LogP) is 2.47. The van der Waals surface area contributed by atoms with Gasteiger partial charge in [-0.1, -0.05) is 6.08 Å². The minimum atomic E-state index is -1.59. The maximum absolute atomic E-state index is 13.6. The minimum absolute atomic E-state index is 0.0249. The first-order chi connectivity index (χ1) is 11.8. The summed E-state index contributed by atoms with van der Waals surface area (Å²) in [6.45, 7) is 3.71. The lowest BCUT2D eigenvalue weighted by Gasteiger charge is -2.61. The summed E-state index contributed by atoms with van der Waals surface area (Å²) in [6.07, 6.45) is 4.24. The molecule has 5 atom stereocenters. The average molecular weight is 338 g/mol. The maximum atomic E-state index is 13.6. The van der Waals surface area contributed by atoms with Crippen LogP contribution in [0.1, 0.15) is 47.4 Å². The topological polar surface area (TPSA) is 80.7 Å². The third kappa shape index (κ3) is 1.36. The van der Waals surface area contributed by atoms with Crippen LogP contribution in [0.2, 0.25) is 0 Å². The van der Waals surface area contributed by atoms with Gasteiger partial charge in [0, 0.05) is 22.6 Å². The molecule has 0 amide bonds. The molecule has 5 heteroatoms. The van der Waals surface area contributed by atoms with Crippen molar-refractivity contribution in [3.8, 4) is 5.75 Å². The van der Waals surface area contributed by atoms with Crippen molar-refractivity contribution >= 4 is 17.9 Å². The van der Waals surface area contributed by atoms with Crippen molar-refractivity contribution in [2.75, 3.05) is 0 Å². The second-order valence-electron chi connectivity index (χ2n) is 8.14. The van der Waals surface area contributed by atoms with Gasteiger partial charge in [0.2, 0.25) is 5.78 Å². The van der Waals surface area contributed by atoms with Crippen LogP contribution in [-0.4, -0.2) is 34.2 Å². The van der Waals surface area contributed by atoms with Gasteiger partial charge in [0.25, 0.3) is 0 Å². The molecule has 1 aromatic rings. The number of Topliss-reactive ketones (excluding diaryl/α,β-unsaturated/α-hetero) is 2. The molecular formula is C20H18O5. The van der Waals surface area contributed by atoms with Crippen molar-refractivity contribution < 1.29 is 24.2 Å². The van der Waals surface area contributed by atoms with E-state index in [1.54, 1.807) is 6.92 Å². The summed E-state index contributed by atoms with van der Waals surface area (Å²) in [5.41, 5.74) is -2.52. The molecule has 6 rings (SSSR count). The van der Waals surface area contributed by atoms with Gasteiger partial charge in [-0.3, -0.25) is 9.59 Å². The van der Waals surface area contributed by atoms with Gasteiger partial charge in [0.05, 0.1) is 11.0 Å². The van der Waals surface area contributed by atoms with E-state index in [1.165, 1.54) is 18.2 Å². The summed E-state index contributed by atoms with van der Waals surface area (Å²) in [7, 11) is 0. The van der Waals surface area contributed by atoms with Crippen LogP contribution < -0.4 is 0 Å². The second-order valence-corrected chi connectivity index (χ2v) is 8.14. The highest BCUT2D eigenvalue weighted by Crippen LogP contribution is 2.68. The number of hydrogen-bond acceptors (Lipinski definition) is 5. The molecular weight excluding hydrogens is 320 g/mol. The molecule has 2 aliphatic heterocycles. The summed E-state index contributed by atoms with van der Waals surface area (Å²) in [6, 6.07) is 4.17. The summed E-state index contributed by atoms with van der Waals surface area (Å²) in [5.74, 6) is -0.835. The molecule has 0 aromatic heterocycles. The van der Waals surface area contributed by atoms with Crippen LogP contribution in [0.25, 0.3) is 0 Å². The lowest BCUT2D eigenvalue weighted by atomic mass is 9.49. The fourth-order valence-electron chi connectivity index (χ4n) is 5.73. The number of phenols is 1. The predicted molar refractivity (Wildman–Crippen MR) is 87.5 cm³/mol. The molecule has 3 aliphatic carbocycles. The van der Waals surface area contributed by atoms with Crippen LogP contribution >= 0.6 is 0 Å². The number of aldehydes is 1. The number of rotatable bonds is 1. The Bertz CT molecular complexity index is 915. The quantitative estimate of drug-likeness (QED) is 0.796. The average Bonchev–Trinajstić information content (AvgIpc) is 2.89. The molecule has 25 heavy (non-hydrogen) atoms. The fraction of sp³-hybridized carbons (Fsp3) is 0.450. The molecule has 5 nitrogen and oxygen atoms in total. The van der Waals surface area contributed by atoms with E-state index in [0.717, 1.165) is 19.1 Å². The highest BCUT2D eigenvalue weighted by Gasteiger charge is 2.76. The molecule has 1 N–H and O–H groups in total. The van der Waals surface area contributed by atoms with E-state index in [1.807, 2.05) is 13.0 Å². The number of benzene rings is 1. The van der Waals surface area contributed by atoms with Gasteiger partial charge < -0.3 is 14.6 Å². The summed E-state index contributed by atoms with van der Waals surface area (Å²) in [4.78, 5) is 38.9. The first kappa shape index (κ1) is 15.0. The molecule has 5 aliphatic rings. The number of fused-ring (bicyclic) bond motifs is 1. The third-order valence-corrected chi connectivity index (χ3v) is 7.03. The van der Waals surface area contributed by atoms with Gasteiger partial charge in [0.15, 0.2) is 11.4 Å². The Labute approximate surface area is 144 Å². The van der Waals surface area contributed by atoms with Gasteiger partial charge >= 0.3 is 0 Å². The van der Waals surface area contributed by atoms with Gasteiger partial charge in [-0.15, -0.1) is 0 Å². The summed E-state index contributed by atoms with van der Waals surface area (Å²) >= 11 is 0. The van der Waals surface area contributed by atoms with Crippen LogP contribution in [0.3, 0.4) is 0 Å². The normalized spacial score (nSPS) is 43.5. The third-order valence-electron chi connectivity index (χ3n) is 7.03. The van der Waals surface area contributed by atoms with Crippen molar-refractivity contribution in [1.82, 2.24) is 0 Å². The summed E-state index contributed by atoms with van der Waals surface area (Å²) in [5, 5.41) is 9.82. The number of aromatic hydroxyl groups is 1. The van der Waals surface area contributed by atoms with Crippen LogP contribution in [-0.2, 0) is 9.53 Å². The van der Waals surface area contributed by atoms with Crippen LogP contribution in [0, 0.1) is 17.3 Å². The van der Waals surface area contributed by atoms with E-state index in [9.17, 15) is 19.5 Å². The number of ketones is 2. The van der Waals surface area contributed by atoms with Crippen molar-refractivity contribution in [2.45, 2.75) is 37.9 Å². The Balaban J connectivity index is 1.88. The van der Waals surface area contributed by atoms with E-state index in [-0.39, 0.29) is 34.5 Å². The maximum Gasteiger partial charge on any atom is 0.201 e. The Hall–Kier alpha value is -2.27. The minimum Gasteiger partial charge on any atom is -0.508 e. The fourth-order valence-corrected chi connectivity index (χ4v) is 5.73. The number of carbonyl (C=O) groups excluding carboxylic acids is 3. The number of carbonyl (C=O) groups is 3. The van der Waals surface area contributed by atoms with Gasteiger partial charge in [-0.2, -0.15) is 0 Å². The Morgan fingerprint density at radius 1 is 1.24 bits per heavy atom. The molecule has 0 unspecified atom stereocenters. The van der Waals surface area contributed by atoms with Gasteiger partial charge in [-0.05, 0) is 50.8 Å². The molecule has 0 radical (unpaired) electrons. The number of hydrogen-bond donors (Lipinski definition) is 1. The monoisotopic (exact) mass is 338 g/mol. The smallest absolute Gasteiger partial charge is 0.201 e. The molecule has 1 saturated carbocycles. The Kier molecular flexibility index (Phi) is 2.46.